The molecule has 0 atom stereocenters. The van der Waals surface area contributed by atoms with Gasteiger partial charge in [0.1, 0.15) is 0 Å². The fourth-order valence-corrected chi connectivity index (χ4v) is 4.17. The number of benzene rings is 1. The zero-order valence-electron chi connectivity index (χ0n) is 22.7. The van der Waals surface area contributed by atoms with Gasteiger partial charge in [0, 0.05) is 46.3 Å². The molecule has 0 saturated carbocycles. The van der Waals surface area contributed by atoms with Crippen LogP contribution < -0.4 is 21.5 Å². The maximum atomic E-state index is 13.6. The molecule has 12 nitrogen and oxygen atoms in total. The van der Waals surface area contributed by atoms with Crippen molar-refractivity contribution >= 4 is 29.1 Å². The van der Waals surface area contributed by atoms with E-state index >= 15 is 0 Å². The van der Waals surface area contributed by atoms with Crippen molar-refractivity contribution in [3.63, 3.8) is 0 Å². The minimum Gasteiger partial charge on any atom is -0.478 e. The molecule has 3 aromatic rings. The quantitative estimate of drug-likeness (QED) is 0.356. The molecule has 1 aliphatic heterocycles. The van der Waals surface area contributed by atoms with Crippen molar-refractivity contribution in [3.8, 4) is 0 Å². The Morgan fingerprint density at radius 2 is 1.63 bits per heavy atom. The maximum Gasteiger partial charge on any atom is 0.490 e. The van der Waals surface area contributed by atoms with E-state index in [0.717, 1.165) is 37.3 Å². The number of halogens is 3. The second-order valence-electron chi connectivity index (χ2n) is 9.57. The van der Waals surface area contributed by atoms with Gasteiger partial charge in [-0.1, -0.05) is 23.8 Å². The molecule has 0 amide bonds. The van der Waals surface area contributed by atoms with E-state index in [2.05, 4.69) is 10.2 Å². The van der Waals surface area contributed by atoms with E-state index in [4.69, 9.17) is 20.0 Å². The number of carboxylic acids is 2. The molecule has 1 saturated heterocycles. The third kappa shape index (κ3) is 7.42. The smallest absolute Gasteiger partial charge is 0.478 e. The predicted octanol–water partition coefficient (Wildman–Crippen LogP) is 1.85. The van der Waals surface area contributed by atoms with Gasteiger partial charge < -0.3 is 25.0 Å². The number of carboxylic acid groups (broad SMARTS) is 2. The monoisotopic (exact) mass is 580 g/mol. The number of imidazole rings is 1. The molecule has 41 heavy (non-hydrogen) atoms. The Balaban J connectivity index is 0.000000587. The molecule has 3 heterocycles. The number of piperazine rings is 1. The summed E-state index contributed by atoms with van der Waals surface area (Å²) in [4.78, 5) is 53.5. The first kappa shape index (κ1) is 31.1. The number of hydrogen-bond donors (Lipinski definition) is 3. The van der Waals surface area contributed by atoms with Gasteiger partial charge in [-0.05, 0) is 38.0 Å². The highest BCUT2D eigenvalue weighted by Gasteiger charge is 2.38. The summed E-state index contributed by atoms with van der Waals surface area (Å²) in [6.07, 6.45) is -2.61. The normalized spacial score (nSPS) is 13.5. The Kier molecular flexibility index (Phi) is 9.75. The topological polar surface area (TPSA) is 152 Å². The fraction of sp³-hybridized carbons (Fsp3) is 0.423. The molecule has 1 fully saturated rings. The number of carbonyl (C=O) groups is 2. The molecule has 15 heteroatoms. The Morgan fingerprint density at radius 3 is 2.15 bits per heavy atom. The summed E-state index contributed by atoms with van der Waals surface area (Å²) in [5.74, 6) is -3.05. The van der Waals surface area contributed by atoms with Crippen LogP contribution >= 0.6 is 0 Å². The number of allylic oxidation sites excluding steroid dienone is 2. The lowest BCUT2D eigenvalue weighted by Gasteiger charge is -2.28. The summed E-state index contributed by atoms with van der Waals surface area (Å²) in [6, 6.07) is 6.46. The van der Waals surface area contributed by atoms with Crippen LogP contribution in [-0.4, -0.2) is 73.2 Å². The van der Waals surface area contributed by atoms with Gasteiger partial charge in [0.25, 0.3) is 5.56 Å². The van der Waals surface area contributed by atoms with Crippen LogP contribution in [0.1, 0.15) is 29.8 Å². The summed E-state index contributed by atoms with van der Waals surface area (Å²) in [7, 11) is 1.64. The molecule has 0 spiro atoms. The SMILES string of the molecule is CC(C)=CCn1c(N2CCNCC2)nc2c1c(=O)n(CCc1ccc(C(=O)O)cc1)c(=O)n2C.O=C(O)C(F)(F)F. The van der Waals surface area contributed by atoms with Crippen LogP contribution in [0, 0.1) is 0 Å². The molecule has 1 aliphatic rings. The lowest BCUT2D eigenvalue weighted by atomic mass is 10.1. The Labute approximate surface area is 231 Å². The number of anilines is 1. The number of aryl methyl sites for hydroxylation is 2. The number of nitrogens with one attached hydrogen (secondary N) is 1. The second-order valence-corrected chi connectivity index (χ2v) is 9.57. The zero-order valence-corrected chi connectivity index (χ0v) is 22.7. The van der Waals surface area contributed by atoms with Crippen LogP contribution in [0.25, 0.3) is 11.2 Å². The van der Waals surface area contributed by atoms with E-state index in [0.29, 0.717) is 30.1 Å². The summed E-state index contributed by atoms with van der Waals surface area (Å²) in [6.45, 7) is 7.89. The molecule has 222 valence electrons. The molecular formula is C26H31F3N6O6. The molecule has 1 aromatic carbocycles. The fourth-order valence-electron chi connectivity index (χ4n) is 4.17. The van der Waals surface area contributed by atoms with Gasteiger partial charge in [0.15, 0.2) is 11.2 Å². The van der Waals surface area contributed by atoms with Crippen LogP contribution in [0.4, 0.5) is 19.1 Å². The van der Waals surface area contributed by atoms with Crippen molar-refractivity contribution in [1.29, 1.82) is 0 Å². The molecule has 0 unspecified atom stereocenters. The Hall–Kier alpha value is -4.40. The van der Waals surface area contributed by atoms with Gasteiger partial charge in [-0.3, -0.25) is 13.9 Å². The van der Waals surface area contributed by atoms with E-state index in [-0.39, 0.29) is 17.7 Å². The zero-order chi connectivity index (χ0) is 30.5. The first-order valence-corrected chi connectivity index (χ1v) is 12.6. The van der Waals surface area contributed by atoms with Crippen molar-refractivity contribution < 1.29 is 33.0 Å². The van der Waals surface area contributed by atoms with Crippen LogP contribution in [0.2, 0.25) is 0 Å². The van der Waals surface area contributed by atoms with Crippen LogP contribution in [-0.2, 0) is 31.4 Å². The number of fused-ring (bicyclic) bond motifs is 1. The number of alkyl halides is 3. The van der Waals surface area contributed by atoms with Gasteiger partial charge in [-0.2, -0.15) is 18.2 Å². The molecule has 0 bridgehead atoms. The third-order valence-electron chi connectivity index (χ3n) is 6.36. The van der Waals surface area contributed by atoms with E-state index in [9.17, 15) is 27.6 Å². The molecule has 0 aliphatic carbocycles. The van der Waals surface area contributed by atoms with E-state index in [1.807, 2.05) is 24.5 Å². The average molecular weight is 581 g/mol. The Bertz CT molecular complexity index is 1560. The van der Waals surface area contributed by atoms with Gasteiger partial charge in [0.05, 0.1) is 5.56 Å². The van der Waals surface area contributed by atoms with Gasteiger partial charge in [-0.25, -0.2) is 14.4 Å². The lowest BCUT2D eigenvalue weighted by molar-refractivity contribution is -0.192. The number of aromatic nitrogens is 4. The minimum atomic E-state index is -5.08. The molecule has 0 radical (unpaired) electrons. The summed E-state index contributed by atoms with van der Waals surface area (Å²) < 4.78 is 36.3. The first-order chi connectivity index (χ1) is 19.2. The summed E-state index contributed by atoms with van der Waals surface area (Å²) in [5.41, 5.74) is 2.18. The highest BCUT2D eigenvalue weighted by molar-refractivity contribution is 5.87. The first-order valence-electron chi connectivity index (χ1n) is 12.6. The second kappa shape index (κ2) is 12.8. The van der Waals surface area contributed by atoms with Gasteiger partial charge in [-0.15, -0.1) is 0 Å². The van der Waals surface area contributed by atoms with Crippen molar-refractivity contribution in [3.05, 3.63) is 67.9 Å². The van der Waals surface area contributed by atoms with E-state index < -0.39 is 23.8 Å². The highest BCUT2D eigenvalue weighted by Crippen LogP contribution is 2.21. The number of rotatable bonds is 7. The number of aliphatic carboxylic acids is 1. The third-order valence-corrected chi connectivity index (χ3v) is 6.36. The van der Waals surface area contributed by atoms with Crippen molar-refractivity contribution in [2.45, 2.75) is 39.5 Å². The van der Waals surface area contributed by atoms with Crippen LogP contribution in [0.5, 0.6) is 0 Å². The standard InChI is InChI=1S/C24H30N6O4.C2HF3O2/c1-16(2)8-12-29-19-20(26-23(29)28-14-10-25-11-15-28)27(3)24(34)30(21(19)31)13-9-17-4-6-18(7-5-17)22(32)33;3-2(4,5)1(6)7/h4-8,25H,9-15H2,1-3H3,(H,32,33);(H,6,7). The van der Waals surface area contributed by atoms with E-state index in [1.54, 1.807) is 19.2 Å². The van der Waals surface area contributed by atoms with Crippen LogP contribution in [0.15, 0.2) is 45.5 Å². The molecular weight excluding hydrogens is 549 g/mol. The van der Waals surface area contributed by atoms with Crippen molar-refractivity contribution in [2.24, 2.45) is 7.05 Å². The van der Waals surface area contributed by atoms with Gasteiger partial charge >= 0.3 is 23.8 Å². The lowest BCUT2D eigenvalue weighted by Crippen LogP contribution is -2.44. The molecule has 2 aromatic heterocycles. The minimum absolute atomic E-state index is 0.185. The largest absolute Gasteiger partial charge is 0.490 e. The highest BCUT2D eigenvalue weighted by atomic mass is 19.4. The van der Waals surface area contributed by atoms with Crippen molar-refractivity contribution in [2.75, 3.05) is 31.1 Å². The summed E-state index contributed by atoms with van der Waals surface area (Å²) >= 11 is 0. The predicted molar refractivity (Wildman–Crippen MR) is 145 cm³/mol. The summed E-state index contributed by atoms with van der Waals surface area (Å²) in [5, 5.41) is 19.5. The molecule has 4 rings (SSSR count). The maximum absolute atomic E-state index is 13.6. The number of aromatic carboxylic acids is 1. The van der Waals surface area contributed by atoms with E-state index in [1.165, 1.54) is 21.3 Å². The average Bonchev–Trinajstić information content (AvgIpc) is 3.31. The molecule has 3 N–H and O–H groups in total. The van der Waals surface area contributed by atoms with Crippen LogP contribution in [0.3, 0.4) is 0 Å². The number of nitrogens with zero attached hydrogens (tertiary/aromatic N) is 5. The Morgan fingerprint density at radius 1 is 1.05 bits per heavy atom. The van der Waals surface area contributed by atoms with Crippen molar-refractivity contribution in [1.82, 2.24) is 24.0 Å². The number of hydrogen-bond acceptors (Lipinski definition) is 7. The van der Waals surface area contributed by atoms with Gasteiger partial charge in [0.2, 0.25) is 5.95 Å².